The van der Waals surface area contributed by atoms with Gasteiger partial charge in [-0.25, -0.2) is 0 Å². The van der Waals surface area contributed by atoms with Crippen LogP contribution in [0.1, 0.15) is 72.1 Å². The van der Waals surface area contributed by atoms with E-state index in [1.54, 1.807) is 0 Å². The summed E-state index contributed by atoms with van der Waals surface area (Å²) >= 11 is 12.1. The van der Waals surface area contributed by atoms with E-state index in [0.29, 0.717) is 32.8 Å². The first-order valence-corrected chi connectivity index (χ1v) is 12.1. The SMILES string of the molecule is COC1CC2C3CC[C@H](C(C)C=C(Cl)Cl)[C@@]3(C)CCC2[C@@]2(C)CCC3CC312. The second kappa shape index (κ2) is 6.14. The first-order valence-electron chi connectivity index (χ1n) is 11.3. The van der Waals surface area contributed by atoms with Gasteiger partial charge in [-0.2, -0.15) is 0 Å². The quantitative estimate of drug-likeness (QED) is 0.476. The van der Waals surface area contributed by atoms with Gasteiger partial charge in [0.25, 0.3) is 0 Å². The molecule has 5 fully saturated rings. The fraction of sp³-hybridized carbons (Fsp3) is 0.917. The Labute approximate surface area is 175 Å². The highest BCUT2D eigenvalue weighted by atomic mass is 35.5. The third kappa shape index (κ3) is 2.35. The van der Waals surface area contributed by atoms with E-state index in [9.17, 15) is 0 Å². The van der Waals surface area contributed by atoms with E-state index in [1.807, 2.05) is 7.11 Å². The molecule has 0 saturated heterocycles. The Bertz CT molecular complexity index is 657. The molecular formula is C24H36Cl2O. The maximum Gasteiger partial charge on any atom is 0.103 e. The highest BCUT2D eigenvalue weighted by Gasteiger charge is 2.77. The number of hydrogen-bond donors (Lipinski definition) is 0. The molecule has 0 bridgehead atoms. The molecule has 3 heteroatoms. The molecule has 27 heavy (non-hydrogen) atoms. The minimum atomic E-state index is 0.445. The van der Waals surface area contributed by atoms with Gasteiger partial charge in [0.05, 0.1) is 6.10 Å². The van der Waals surface area contributed by atoms with Crippen molar-refractivity contribution >= 4 is 23.2 Å². The zero-order chi connectivity index (χ0) is 19.2. The van der Waals surface area contributed by atoms with Crippen LogP contribution in [0, 0.1) is 51.8 Å². The topological polar surface area (TPSA) is 9.23 Å². The summed E-state index contributed by atoms with van der Waals surface area (Å²) in [7, 11) is 1.99. The molecule has 10 atom stereocenters. The van der Waals surface area contributed by atoms with Gasteiger partial charge in [0, 0.05) is 12.5 Å². The monoisotopic (exact) mass is 410 g/mol. The van der Waals surface area contributed by atoms with Gasteiger partial charge in [0.1, 0.15) is 4.49 Å². The van der Waals surface area contributed by atoms with Gasteiger partial charge in [-0.3, -0.25) is 0 Å². The van der Waals surface area contributed by atoms with Crippen molar-refractivity contribution in [1.82, 2.24) is 0 Å². The number of hydrogen-bond acceptors (Lipinski definition) is 1. The second-order valence-corrected chi connectivity index (χ2v) is 12.3. The van der Waals surface area contributed by atoms with E-state index in [-0.39, 0.29) is 0 Å². The van der Waals surface area contributed by atoms with Crippen molar-refractivity contribution in [1.29, 1.82) is 0 Å². The Kier molecular flexibility index (Phi) is 4.38. The molecule has 5 saturated carbocycles. The van der Waals surface area contributed by atoms with E-state index < -0.39 is 0 Å². The van der Waals surface area contributed by atoms with Crippen molar-refractivity contribution < 1.29 is 4.74 Å². The third-order valence-electron chi connectivity index (χ3n) is 10.9. The summed E-state index contributed by atoms with van der Waals surface area (Å²) in [4.78, 5) is 0. The van der Waals surface area contributed by atoms with E-state index in [4.69, 9.17) is 27.9 Å². The van der Waals surface area contributed by atoms with Crippen molar-refractivity contribution in [3.63, 3.8) is 0 Å². The van der Waals surface area contributed by atoms with Gasteiger partial charge >= 0.3 is 0 Å². The van der Waals surface area contributed by atoms with Crippen molar-refractivity contribution in [2.45, 2.75) is 78.2 Å². The average molecular weight is 411 g/mol. The maximum atomic E-state index is 6.23. The molecule has 0 radical (unpaired) electrons. The van der Waals surface area contributed by atoms with Gasteiger partial charge in [0.15, 0.2) is 0 Å². The van der Waals surface area contributed by atoms with Crippen LogP contribution in [0.25, 0.3) is 0 Å². The second-order valence-electron chi connectivity index (χ2n) is 11.3. The Balaban J connectivity index is 1.47. The standard InChI is InChI=1S/C24H36Cl2O/c1-14(11-21(25)26)17-5-6-18-16-12-20(27-4)24-13-15(24)7-10-23(24,3)19(16)8-9-22(17,18)2/h11,14-20H,5-10,12-13H2,1-4H3/t14?,15?,16?,17-,18?,19?,20?,22-,23-,24?/m1/s1. The van der Waals surface area contributed by atoms with Crippen LogP contribution in [0.2, 0.25) is 0 Å². The molecule has 152 valence electrons. The Morgan fingerprint density at radius 1 is 1.07 bits per heavy atom. The molecule has 0 aromatic rings. The fourth-order valence-electron chi connectivity index (χ4n) is 9.80. The summed E-state index contributed by atoms with van der Waals surface area (Å²) in [5, 5.41) is 0. The molecule has 0 aliphatic heterocycles. The van der Waals surface area contributed by atoms with Crippen LogP contribution in [0.3, 0.4) is 0 Å². The van der Waals surface area contributed by atoms with Gasteiger partial charge in [-0.1, -0.05) is 50.0 Å². The molecule has 5 aliphatic carbocycles. The molecule has 1 spiro atoms. The predicted octanol–water partition coefficient (Wildman–Crippen LogP) is 7.23. The molecule has 5 rings (SSSR count). The Morgan fingerprint density at radius 3 is 2.52 bits per heavy atom. The molecule has 0 amide bonds. The smallest absolute Gasteiger partial charge is 0.103 e. The fourth-order valence-corrected chi connectivity index (χ4v) is 10.2. The highest BCUT2D eigenvalue weighted by Crippen LogP contribution is 2.82. The molecule has 0 N–H and O–H groups in total. The van der Waals surface area contributed by atoms with Crippen LogP contribution in [0.15, 0.2) is 10.6 Å². The van der Waals surface area contributed by atoms with Crippen LogP contribution in [0.5, 0.6) is 0 Å². The number of allylic oxidation sites excluding steroid dienone is 1. The summed E-state index contributed by atoms with van der Waals surface area (Å²) in [6, 6.07) is 0. The van der Waals surface area contributed by atoms with Crippen LogP contribution in [-0.2, 0) is 4.74 Å². The summed E-state index contributed by atoms with van der Waals surface area (Å²) < 4.78 is 6.67. The van der Waals surface area contributed by atoms with E-state index in [2.05, 4.69) is 26.8 Å². The van der Waals surface area contributed by atoms with E-state index in [0.717, 1.165) is 29.6 Å². The number of methoxy groups -OCH3 is 1. The number of rotatable bonds is 3. The summed E-state index contributed by atoms with van der Waals surface area (Å²) in [5.74, 6) is 4.80. The lowest BCUT2D eigenvalue weighted by Gasteiger charge is -2.61. The predicted molar refractivity (Wildman–Crippen MR) is 113 cm³/mol. The van der Waals surface area contributed by atoms with E-state index in [1.165, 1.54) is 51.4 Å². The average Bonchev–Trinajstić information content (AvgIpc) is 3.11. The zero-order valence-corrected chi connectivity index (χ0v) is 19.0. The summed E-state index contributed by atoms with van der Waals surface area (Å²) in [6.45, 7) is 7.59. The third-order valence-corrected chi connectivity index (χ3v) is 11.2. The molecule has 0 heterocycles. The normalized spacial score (nSPS) is 56.5. The van der Waals surface area contributed by atoms with Gasteiger partial charge in [-0.15, -0.1) is 0 Å². The minimum absolute atomic E-state index is 0.445. The molecule has 5 aliphatic rings. The van der Waals surface area contributed by atoms with Crippen LogP contribution in [0.4, 0.5) is 0 Å². The van der Waals surface area contributed by atoms with Gasteiger partial charge in [0.2, 0.25) is 0 Å². The lowest BCUT2D eigenvalue weighted by Crippen LogP contribution is -2.57. The minimum Gasteiger partial charge on any atom is -0.381 e. The van der Waals surface area contributed by atoms with Gasteiger partial charge in [-0.05, 0) is 97.7 Å². The zero-order valence-electron chi connectivity index (χ0n) is 17.4. The first kappa shape index (κ1) is 19.3. The maximum absolute atomic E-state index is 6.23. The largest absolute Gasteiger partial charge is 0.381 e. The van der Waals surface area contributed by atoms with Crippen LogP contribution < -0.4 is 0 Å². The molecule has 7 unspecified atom stereocenters. The van der Waals surface area contributed by atoms with Crippen molar-refractivity contribution in [2.75, 3.05) is 7.11 Å². The van der Waals surface area contributed by atoms with Crippen LogP contribution in [-0.4, -0.2) is 13.2 Å². The lowest BCUT2D eigenvalue weighted by molar-refractivity contribution is -0.160. The Morgan fingerprint density at radius 2 is 1.85 bits per heavy atom. The number of fused-ring (bicyclic) bond motifs is 4. The number of halogens is 2. The summed E-state index contributed by atoms with van der Waals surface area (Å²) in [6.07, 6.45) is 13.8. The molecule has 0 aromatic carbocycles. The van der Waals surface area contributed by atoms with Gasteiger partial charge < -0.3 is 4.74 Å². The number of ether oxygens (including phenoxy) is 1. The van der Waals surface area contributed by atoms with E-state index >= 15 is 0 Å². The highest BCUT2D eigenvalue weighted by molar-refractivity contribution is 6.55. The first-order chi connectivity index (χ1) is 12.8. The van der Waals surface area contributed by atoms with Crippen molar-refractivity contribution in [3.8, 4) is 0 Å². The molecular weight excluding hydrogens is 375 g/mol. The molecule has 0 aromatic heterocycles. The van der Waals surface area contributed by atoms with Crippen LogP contribution >= 0.6 is 23.2 Å². The summed E-state index contributed by atoms with van der Waals surface area (Å²) in [5.41, 5.74) is 1.52. The van der Waals surface area contributed by atoms with Crippen molar-refractivity contribution in [3.05, 3.63) is 10.6 Å². The Hall–Kier alpha value is 0.280. The van der Waals surface area contributed by atoms with Crippen molar-refractivity contribution in [2.24, 2.45) is 51.8 Å². The lowest BCUT2D eigenvalue weighted by atomic mass is 9.45. The molecule has 1 nitrogen and oxygen atoms in total.